The van der Waals surface area contributed by atoms with Crippen molar-refractivity contribution in [1.82, 2.24) is 0 Å². The first-order valence-corrected chi connectivity index (χ1v) is 18.0. The monoisotopic (exact) mass is 712 g/mol. The Kier molecular flexibility index (Phi) is 6.26. The molecule has 0 saturated carbocycles. The summed E-state index contributed by atoms with van der Waals surface area (Å²) in [6.45, 7) is 0. The molecule has 0 aliphatic carbocycles. The van der Waals surface area contributed by atoms with E-state index in [1.807, 2.05) is 127 Å². The molecule has 0 saturated heterocycles. The van der Waals surface area contributed by atoms with Gasteiger partial charge in [-0.2, -0.15) is 0 Å². The van der Waals surface area contributed by atoms with Crippen LogP contribution in [0.25, 0.3) is 55.0 Å². The van der Waals surface area contributed by atoms with Crippen LogP contribution in [0.4, 0.5) is 34.1 Å². The van der Waals surface area contributed by atoms with Crippen LogP contribution >= 0.6 is 0 Å². The van der Waals surface area contributed by atoms with E-state index in [9.17, 15) is 11.0 Å². The van der Waals surface area contributed by atoms with Crippen LogP contribution < -0.4 is 9.80 Å². The number of nitrogens with zero attached hydrogens (tertiary/aromatic N) is 2. The van der Waals surface area contributed by atoms with Gasteiger partial charge in [0.25, 0.3) is 0 Å². The van der Waals surface area contributed by atoms with Gasteiger partial charge in [0.2, 0.25) is 0 Å². The van der Waals surface area contributed by atoms with Gasteiger partial charge in [-0.15, -0.1) is 0 Å². The first-order chi connectivity index (χ1) is 30.6. The second-order valence-electron chi connectivity index (χ2n) is 13.1. The first-order valence-electron chi connectivity index (χ1n) is 22.0. The van der Waals surface area contributed by atoms with E-state index in [1.54, 1.807) is 17.0 Å². The predicted molar refractivity (Wildman–Crippen MR) is 231 cm³/mol. The number of rotatable bonds is 8. The van der Waals surface area contributed by atoms with Crippen LogP contribution in [0.1, 0.15) is 11.0 Å². The van der Waals surface area contributed by atoms with E-state index in [0.717, 1.165) is 44.2 Å². The summed E-state index contributed by atoms with van der Waals surface area (Å²) in [6.07, 6.45) is 0. The zero-order chi connectivity index (χ0) is 43.5. The number of benzene rings is 9. The Balaban J connectivity index is 1.07. The Hall–Kier alpha value is -7.36. The maximum atomic E-state index is 9.21. The van der Waals surface area contributed by atoms with Gasteiger partial charge >= 0.3 is 0 Å². The summed E-state index contributed by atoms with van der Waals surface area (Å²) >= 11 is 0. The van der Waals surface area contributed by atoms with Crippen molar-refractivity contribution in [3.8, 4) is 22.3 Å². The van der Waals surface area contributed by atoms with Gasteiger partial charge in [-0.3, -0.25) is 0 Å². The smallest absolute Gasteiger partial charge is 0.159 e. The second kappa shape index (κ2) is 13.9. The maximum absolute atomic E-state index is 9.21. The topological polar surface area (TPSA) is 19.6 Å². The molecule has 0 spiro atoms. The molecule has 0 radical (unpaired) electrons. The minimum atomic E-state index is -0.477. The summed E-state index contributed by atoms with van der Waals surface area (Å²) in [5, 5.41) is 4.17. The Morgan fingerprint density at radius 3 is 1.40 bits per heavy atom. The summed E-state index contributed by atoms with van der Waals surface area (Å²) in [5.74, 6) is 0. The highest BCUT2D eigenvalue weighted by atomic mass is 16.3. The summed E-state index contributed by atoms with van der Waals surface area (Å²) < 4.78 is 80.2. The van der Waals surface area contributed by atoms with E-state index in [2.05, 4.69) is 35.2 Å². The Bertz CT molecular complexity index is 3280. The molecule has 3 nitrogen and oxygen atoms in total. The molecule has 0 aliphatic rings. The van der Waals surface area contributed by atoms with Crippen molar-refractivity contribution in [2.24, 2.45) is 0 Å². The van der Waals surface area contributed by atoms with Crippen molar-refractivity contribution in [1.29, 1.82) is 0 Å². The number of hydrogen-bond acceptors (Lipinski definition) is 3. The SMILES string of the molecule is [2H]c1c([2H])c(-c2c([2H])c([2H])c(N(c3ccccc3)c3ccccc3)c([2H])c2[2H])c([2H])c([2H])c1-c1ccc(N(c2ccccc2)c2cccc3c2oc2cc4ccccc4cc23)cc1. The lowest BCUT2D eigenvalue weighted by Crippen LogP contribution is -2.10. The van der Waals surface area contributed by atoms with Crippen LogP contribution in [-0.4, -0.2) is 0 Å². The predicted octanol–water partition coefficient (Wildman–Crippen LogP) is 15.0. The van der Waals surface area contributed by atoms with Crippen molar-refractivity contribution in [2.75, 3.05) is 9.80 Å². The molecular weight excluding hydrogens is 669 g/mol. The Morgan fingerprint density at radius 1 is 0.345 bits per heavy atom. The van der Waals surface area contributed by atoms with Gasteiger partial charge in [0, 0.05) is 39.2 Å². The molecule has 0 amide bonds. The standard InChI is InChI=1S/C52H36N2O/c1-4-15-43(16-5-1)53(44-17-6-2-7-18-44)46-31-27-39(28-32-46)37-23-25-38(26-24-37)40-29-33-47(34-30-40)54(45-19-8-3-9-20-45)50-22-12-21-48-49-35-41-13-10-11-14-42(41)36-51(49)55-52(48)50/h1-36H/i23D,24D,25D,26D,27D,28D,31D,32D. The highest BCUT2D eigenvalue weighted by Gasteiger charge is 2.20. The molecule has 55 heavy (non-hydrogen) atoms. The third-order valence-corrected chi connectivity index (χ3v) is 9.75. The molecule has 1 heterocycles. The minimum Gasteiger partial charge on any atom is -0.454 e. The zero-order valence-corrected chi connectivity index (χ0v) is 29.5. The van der Waals surface area contributed by atoms with E-state index < -0.39 is 24.2 Å². The third kappa shape index (κ3) is 6.08. The molecule has 0 bridgehead atoms. The quantitative estimate of drug-likeness (QED) is 0.156. The van der Waals surface area contributed by atoms with Crippen LogP contribution in [0.5, 0.6) is 0 Å². The molecule has 0 atom stereocenters. The van der Waals surface area contributed by atoms with Crippen molar-refractivity contribution in [3.63, 3.8) is 0 Å². The van der Waals surface area contributed by atoms with Gasteiger partial charge in [0.1, 0.15) is 5.58 Å². The van der Waals surface area contributed by atoms with Crippen molar-refractivity contribution in [2.45, 2.75) is 0 Å². The van der Waals surface area contributed by atoms with Crippen LogP contribution in [0.15, 0.2) is 223 Å². The van der Waals surface area contributed by atoms with E-state index in [0.29, 0.717) is 22.5 Å². The molecule has 3 heteroatoms. The van der Waals surface area contributed by atoms with Gasteiger partial charge in [-0.25, -0.2) is 0 Å². The normalized spacial score (nSPS) is 13.3. The molecule has 9 aromatic carbocycles. The molecule has 260 valence electrons. The van der Waals surface area contributed by atoms with Crippen molar-refractivity contribution >= 4 is 66.8 Å². The summed E-state index contributed by atoms with van der Waals surface area (Å²) in [7, 11) is 0. The van der Waals surface area contributed by atoms with Crippen molar-refractivity contribution < 1.29 is 15.4 Å². The fraction of sp³-hybridized carbons (Fsp3) is 0. The summed E-state index contributed by atoms with van der Waals surface area (Å²) in [6, 6.07) is 50.4. The molecular formula is C52H36N2O. The van der Waals surface area contributed by atoms with Gasteiger partial charge in [-0.1, -0.05) is 139 Å². The molecule has 10 aromatic rings. The van der Waals surface area contributed by atoms with Crippen LogP contribution in [0.3, 0.4) is 0 Å². The highest BCUT2D eigenvalue weighted by Crippen LogP contribution is 2.43. The zero-order valence-electron chi connectivity index (χ0n) is 37.5. The molecule has 0 fully saturated rings. The highest BCUT2D eigenvalue weighted by molar-refractivity contribution is 6.13. The molecule has 0 aliphatic heterocycles. The number of furan rings is 1. The van der Waals surface area contributed by atoms with Crippen LogP contribution in [-0.2, 0) is 0 Å². The molecule has 0 unspecified atom stereocenters. The fourth-order valence-electron chi connectivity index (χ4n) is 7.11. The lowest BCUT2D eigenvalue weighted by molar-refractivity contribution is 0.669. The van der Waals surface area contributed by atoms with Crippen LogP contribution in [0.2, 0.25) is 0 Å². The number of fused-ring (bicyclic) bond motifs is 4. The van der Waals surface area contributed by atoms with Gasteiger partial charge in [0.15, 0.2) is 5.58 Å². The van der Waals surface area contributed by atoms with E-state index in [-0.39, 0.29) is 46.5 Å². The summed E-state index contributed by atoms with van der Waals surface area (Å²) in [5.41, 5.74) is 5.02. The first kappa shape index (κ1) is 24.8. The molecule has 0 N–H and O–H groups in total. The lowest BCUT2D eigenvalue weighted by Gasteiger charge is -2.25. The van der Waals surface area contributed by atoms with E-state index in [4.69, 9.17) is 4.42 Å². The fourth-order valence-corrected chi connectivity index (χ4v) is 7.11. The number of hydrogen-bond donors (Lipinski definition) is 0. The van der Waals surface area contributed by atoms with E-state index in [1.165, 1.54) is 0 Å². The van der Waals surface area contributed by atoms with E-state index >= 15 is 0 Å². The third-order valence-electron chi connectivity index (χ3n) is 9.75. The molecule has 1 aromatic heterocycles. The van der Waals surface area contributed by atoms with Gasteiger partial charge < -0.3 is 14.2 Å². The lowest BCUT2D eigenvalue weighted by atomic mass is 9.99. The average molecular weight is 713 g/mol. The Morgan fingerprint density at radius 2 is 0.818 bits per heavy atom. The maximum Gasteiger partial charge on any atom is 0.159 e. The Labute approximate surface area is 331 Å². The number of anilines is 6. The number of para-hydroxylation sites is 4. The summed E-state index contributed by atoms with van der Waals surface area (Å²) in [4.78, 5) is 3.72. The van der Waals surface area contributed by atoms with Crippen molar-refractivity contribution in [3.05, 3.63) is 218 Å². The average Bonchev–Trinajstić information content (AvgIpc) is 3.69. The van der Waals surface area contributed by atoms with Crippen LogP contribution in [0, 0.1) is 0 Å². The van der Waals surface area contributed by atoms with Gasteiger partial charge in [0.05, 0.1) is 16.7 Å². The largest absolute Gasteiger partial charge is 0.454 e. The van der Waals surface area contributed by atoms with Gasteiger partial charge in [-0.05, 0) is 112 Å². The minimum absolute atomic E-state index is 0.00668. The second-order valence-corrected chi connectivity index (χ2v) is 13.1. The molecule has 10 rings (SSSR count).